The smallest absolute Gasteiger partial charge is 0.193 e. The van der Waals surface area contributed by atoms with Crippen molar-refractivity contribution in [1.82, 2.24) is 0 Å². The number of nitrogens with one attached hydrogen (secondary N) is 1. The second-order valence-corrected chi connectivity index (χ2v) is 4.82. The van der Waals surface area contributed by atoms with Gasteiger partial charge in [-0.2, -0.15) is 0 Å². The number of hydrogen-bond donors (Lipinski definition) is 3. The monoisotopic (exact) mass is 299 g/mol. The third kappa shape index (κ3) is 4.49. The molecule has 0 saturated carbocycles. The molecule has 0 atom stereocenters. The van der Waals surface area contributed by atoms with E-state index in [0.29, 0.717) is 12.5 Å². The molecule has 0 spiro atoms. The molecule has 0 radical (unpaired) electrons. The number of rotatable bonds is 6. The number of benzene rings is 2. The molecule has 2 aromatic carbocycles. The van der Waals surface area contributed by atoms with Crippen LogP contribution in [0.1, 0.15) is 11.1 Å². The number of guanidine groups is 1. The fraction of sp³-hybridized carbons (Fsp3) is 0.235. The molecule has 0 unspecified atom stereocenters. The van der Waals surface area contributed by atoms with E-state index in [1.807, 2.05) is 48.5 Å². The lowest BCUT2D eigenvalue weighted by Gasteiger charge is -2.10. The van der Waals surface area contributed by atoms with Gasteiger partial charge >= 0.3 is 0 Å². The molecule has 0 amide bonds. The highest BCUT2D eigenvalue weighted by Crippen LogP contribution is 2.22. The van der Waals surface area contributed by atoms with E-state index in [1.54, 1.807) is 7.11 Å². The summed E-state index contributed by atoms with van der Waals surface area (Å²) in [4.78, 5) is 4.31. The van der Waals surface area contributed by atoms with E-state index in [2.05, 4.69) is 10.3 Å². The summed E-state index contributed by atoms with van der Waals surface area (Å²) < 4.78 is 5.25. The van der Waals surface area contributed by atoms with Gasteiger partial charge in [0, 0.05) is 6.54 Å². The van der Waals surface area contributed by atoms with Crippen LogP contribution in [0.4, 0.5) is 5.69 Å². The summed E-state index contributed by atoms with van der Waals surface area (Å²) in [6, 6.07) is 15.3. The number of para-hydroxylation sites is 2. The zero-order valence-electron chi connectivity index (χ0n) is 12.6. The first kappa shape index (κ1) is 15.9. The molecule has 0 saturated heterocycles. The van der Waals surface area contributed by atoms with Gasteiger partial charge in [-0.05, 0) is 29.7 Å². The zero-order chi connectivity index (χ0) is 15.8. The normalized spacial score (nSPS) is 11.3. The third-order valence-electron chi connectivity index (χ3n) is 3.26. The highest BCUT2D eigenvalue weighted by Gasteiger charge is 2.02. The van der Waals surface area contributed by atoms with E-state index in [1.165, 1.54) is 0 Å². The van der Waals surface area contributed by atoms with Crippen LogP contribution < -0.4 is 15.8 Å². The van der Waals surface area contributed by atoms with Gasteiger partial charge in [-0.1, -0.05) is 36.4 Å². The molecule has 0 aliphatic carbocycles. The van der Waals surface area contributed by atoms with Crippen LogP contribution in [0.25, 0.3) is 0 Å². The minimum absolute atomic E-state index is 0.0637. The van der Waals surface area contributed by atoms with E-state index in [9.17, 15) is 0 Å². The van der Waals surface area contributed by atoms with Crippen LogP contribution in [-0.4, -0.2) is 24.7 Å². The number of ether oxygens (including phenoxy) is 1. The molecule has 116 valence electrons. The van der Waals surface area contributed by atoms with Crippen molar-refractivity contribution in [3.63, 3.8) is 0 Å². The summed E-state index contributed by atoms with van der Waals surface area (Å²) in [5.74, 6) is 1.08. The summed E-state index contributed by atoms with van der Waals surface area (Å²) in [5, 5.41) is 12.0. The van der Waals surface area contributed by atoms with Crippen LogP contribution in [0.3, 0.4) is 0 Å². The van der Waals surface area contributed by atoms with Crippen molar-refractivity contribution in [1.29, 1.82) is 0 Å². The number of aliphatic hydroxyl groups excluding tert-OH is 1. The molecule has 2 aromatic rings. The molecule has 2 rings (SSSR count). The first-order valence-corrected chi connectivity index (χ1v) is 7.11. The summed E-state index contributed by atoms with van der Waals surface area (Å²) in [7, 11) is 1.61. The summed E-state index contributed by atoms with van der Waals surface area (Å²) in [5.41, 5.74) is 8.75. The topological polar surface area (TPSA) is 79.9 Å². The molecule has 5 nitrogen and oxygen atoms in total. The average Bonchev–Trinajstić information content (AvgIpc) is 2.56. The molecular weight excluding hydrogens is 278 g/mol. The van der Waals surface area contributed by atoms with Gasteiger partial charge in [-0.25, -0.2) is 0 Å². The Bertz CT molecular complexity index is 624. The SMILES string of the molecule is COc1ccccc1NC(N)=NCCc1ccc(CO)cc1. The second-order valence-electron chi connectivity index (χ2n) is 4.82. The lowest BCUT2D eigenvalue weighted by molar-refractivity contribution is 0.282. The van der Waals surface area contributed by atoms with Crippen molar-refractivity contribution in [2.75, 3.05) is 19.0 Å². The first-order chi connectivity index (χ1) is 10.7. The van der Waals surface area contributed by atoms with Crippen molar-refractivity contribution in [3.8, 4) is 5.75 Å². The van der Waals surface area contributed by atoms with Gasteiger partial charge in [-0.3, -0.25) is 4.99 Å². The number of methoxy groups -OCH3 is 1. The molecule has 0 aliphatic heterocycles. The largest absolute Gasteiger partial charge is 0.495 e. The molecule has 0 aromatic heterocycles. The van der Waals surface area contributed by atoms with Gasteiger partial charge in [0.15, 0.2) is 5.96 Å². The Hall–Kier alpha value is -2.53. The molecule has 5 heteroatoms. The minimum Gasteiger partial charge on any atom is -0.495 e. The van der Waals surface area contributed by atoms with Gasteiger partial charge in [0.05, 0.1) is 19.4 Å². The van der Waals surface area contributed by atoms with Crippen molar-refractivity contribution in [2.24, 2.45) is 10.7 Å². The van der Waals surface area contributed by atoms with Crippen LogP contribution in [0.5, 0.6) is 5.75 Å². The second kappa shape index (κ2) is 8.05. The highest BCUT2D eigenvalue weighted by atomic mass is 16.5. The third-order valence-corrected chi connectivity index (χ3v) is 3.26. The maximum Gasteiger partial charge on any atom is 0.193 e. The fourth-order valence-corrected chi connectivity index (χ4v) is 2.04. The van der Waals surface area contributed by atoms with Crippen molar-refractivity contribution in [3.05, 3.63) is 59.7 Å². The molecule has 0 heterocycles. The number of hydrogen-bond acceptors (Lipinski definition) is 3. The number of aliphatic imine (C=N–C) groups is 1. The Morgan fingerprint density at radius 2 is 1.82 bits per heavy atom. The molecule has 22 heavy (non-hydrogen) atoms. The van der Waals surface area contributed by atoms with Crippen LogP contribution in [0, 0.1) is 0 Å². The van der Waals surface area contributed by atoms with E-state index >= 15 is 0 Å². The fourth-order valence-electron chi connectivity index (χ4n) is 2.04. The van der Waals surface area contributed by atoms with Crippen molar-refractivity contribution >= 4 is 11.6 Å². The summed E-state index contributed by atoms with van der Waals surface area (Å²) in [6.07, 6.45) is 0.792. The van der Waals surface area contributed by atoms with Gasteiger partial charge in [0.25, 0.3) is 0 Å². The average molecular weight is 299 g/mol. The van der Waals surface area contributed by atoms with Crippen LogP contribution in [0.2, 0.25) is 0 Å². The summed E-state index contributed by atoms with van der Waals surface area (Å²) >= 11 is 0. The van der Waals surface area contributed by atoms with E-state index in [4.69, 9.17) is 15.6 Å². The predicted molar refractivity (Wildman–Crippen MR) is 89.2 cm³/mol. The van der Waals surface area contributed by atoms with Crippen molar-refractivity contribution < 1.29 is 9.84 Å². The van der Waals surface area contributed by atoms with Gasteiger partial charge in [-0.15, -0.1) is 0 Å². The molecule has 0 bridgehead atoms. The molecule has 0 aliphatic rings. The summed E-state index contributed by atoms with van der Waals surface area (Å²) in [6.45, 7) is 0.653. The van der Waals surface area contributed by atoms with E-state index in [0.717, 1.165) is 29.0 Å². The standard InChI is InChI=1S/C17H21N3O2/c1-22-16-5-3-2-4-15(16)20-17(18)19-11-10-13-6-8-14(12-21)9-7-13/h2-9,21H,10-12H2,1H3,(H3,18,19,20). The number of anilines is 1. The maximum absolute atomic E-state index is 9.00. The lowest BCUT2D eigenvalue weighted by atomic mass is 10.1. The van der Waals surface area contributed by atoms with Gasteiger partial charge in [0.1, 0.15) is 5.75 Å². The Kier molecular flexibility index (Phi) is 5.80. The van der Waals surface area contributed by atoms with Crippen molar-refractivity contribution in [2.45, 2.75) is 13.0 Å². The minimum atomic E-state index is 0.0637. The lowest BCUT2D eigenvalue weighted by Crippen LogP contribution is -2.23. The van der Waals surface area contributed by atoms with Gasteiger partial charge < -0.3 is 20.9 Å². The molecular formula is C17H21N3O2. The highest BCUT2D eigenvalue weighted by molar-refractivity contribution is 5.93. The number of aliphatic hydroxyl groups is 1. The maximum atomic E-state index is 9.00. The first-order valence-electron chi connectivity index (χ1n) is 7.11. The predicted octanol–water partition coefficient (Wildman–Crippen LogP) is 2.16. The quantitative estimate of drug-likeness (QED) is 0.564. The molecule has 4 N–H and O–H groups in total. The Balaban J connectivity index is 1.89. The molecule has 0 fully saturated rings. The number of nitrogens with two attached hydrogens (primary N) is 1. The Labute approximate surface area is 130 Å². The van der Waals surface area contributed by atoms with Crippen LogP contribution in [0.15, 0.2) is 53.5 Å². The van der Waals surface area contributed by atoms with E-state index in [-0.39, 0.29) is 6.61 Å². The Morgan fingerprint density at radius 1 is 1.14 bits per heavy atom. The Morgan fingerprint density at radius 3 is 2.50 bits per heavy atom. The zero-order valence-corrected chi connectivity index (χ0v) is 12.6. The van der Waals surface area contributed by atoms with E-state index < -0.39 is 0 Å². The van der Waals surface area contributed by atoms with Crippen LogP contribution >= 0.6 is 0 Å². The van der Waals surface area contributed by atoms with Crippen LogP contribution in [-0.2, 0) is 13.0 Å². The van der Waals surface area contributed by atoms with Gasteiger partial charge in [0.2, 0.25) is 0 Å². The number of nitrogens with zero attached hydrogens (tertiary/aromatic N) is 1.